The lowest BCUT2D eigenvalue weighted by molar-refractivity contribution is -0.119. The summed E-state index contributed by atoms with van der Waals surface area (Å²) in [5.41, 5.74) is 0.907. The van der Waals surface area contributed by atoms with Crippen LogP contribution in [0.1, 0.15) is 10.4 Å². The van der Waals surface area contributed by atoms with Crippen LogP contribution >= 0.6 is 11.6 Å². The lowest BCUT2D eigenvalue weighted by Crippen LogP contribution is -2.21. The van der Waals surface area contributed by atoms with Crippen molar-refractivity contribution in [2.45, 2.75) is 0 Å². The zero-order chi connectivity index (χ0) is 16.9. The molecular weight excluding hydrogens is 326 g/mol. The Hall–Kier alpha value is -2.85. The normalized spacial score (nSPS) is 10.4. The summed E-state index contributed by atoms with van der Waals surface area (Å²) in [6.45, 7) is -0.382. The van der Waals surface area contributed by atoms with Gasteiger partial charge >= 0.3 is 5.97 Å². The molecule has 120 valence electrons. The van der Waals surface area contributed by atoms with Gasteiger partial charge in [-0.05, 0) is 29.0 Å². The third-order valence-corrected chi connectivity index (χ3v) is 3.82. The fraction of sp³-hybridized carbons (Fsp3) is 0.0526. The van der Waals surface area contributed by atoms with Crippen molar-refractivity contribution < 1.29 is 14.3 Å². The van der Waals surface area contributed by atoms with Crippen LogP contribution in [0.15, 0.2) is 66.7 Å². The Balaban J connectivity index is 1.67. The second-order valence-electron chi connectivity index (χ2n) is 5.13. The van der Waals surface area contributed by atoms with E-state index in [2.05, 4.69) is 5.32 Å². The Morgan fingerprint density at radius 3 is 2.46 bits per heavy atom. The van der Waals surface area contributed by atoms with E-state index in [1.54, 1.807) is 36.4 Å². The molecule has 3 aromatic carbocycles. The number of rotatable bonds is 4. The highest BCUT2D eigenvalue weighted by atomic mass is 35.5. The standard InChI is InChI=1S/C19H14ClNO3/c20-16-10-3-4-11-17(16)21-18(22)12-24-19(23)15-9-5-7-13-6-1-2-8-14(13)15/h1-11H,12H2,(H,21,22). The number of hydrogen-bond donors (Lipinski definition) is 1. The Morgan fingerprint density at radius 1 is 0.917 bits per heavy atom. The number of carbonyl (C=O) groups excluding carboxylic acids is 2. The number of esters is 1. The quantitative estimate of drug-likeness (QED) is 0.721. The van der Waals surface area contributed by atoms with Crippen molar-refractivity contribution >= 4 is 39.9 Å². The molecule has 3 rings (SSSR count). The van der Waals surface area contributed by atoms with Crippen LogP contribution in [0, 0.1) is 0 Å². The number of halogens is 1. The van der Waals surface area contributed by atoms with Crippen LogP contribution in [0.2, 0.25) is 5.02 Å². The summed E-state index contributed by atoms with van der Waals surface area (Å²) in [5, 5.41) is 4.75. The van der Waals surface area contributed by atoms with Gasteiger partial charge in [-0.15, -0.1) is 0 Å². The first-order chi connectivity index (χ1) is 11.6. The predicted molar refractivity (Wildman–Crippen MR) is 94.3 cm³/mol. The molecule has 0 aliphatic carbocycles. The monoisotopic (exact) mass is 339 g/mol. The molecule has 5 heteroatoms. The Kier molecular flexibility index (Phi) is 4.77. The zero-order valence-electron chi connectivity index (χ0n) is 12.7. The second-order valence-corrected chi connectivity index (χ2v) is 5.54. The second kappa shape index (κ2) is 7.15. The van der Waals surface area contributed by atoms with Gasteiger partial charge in [0.05, 0.1) is 16.3 Å². The average Bonchev–Trinajstić information content (AvgIpc) is 2.61. The molecule has 0 spiro atoms. The Labute approximate surface area is 144 Å². The molecule has 4 nitrogen and oxygen atoms in total. The largest absolute Gasteiger partial charge is 0.452 e. The van der Waals surface area contributed by atoms with Crippen LogP contribution in [-0.4, -0.2) is 18.5 Å². The number of carbonyl (C=O) groups is 2. The van der Waals surface area contributed by atoms with Gasteiger partial charge in [-0.3, -0.25) is 4.79 Å². The van der Waals surface area contributed by atoms with Crippen LogP contribution in [0.25, 0.3) is 10.8 Å². The average molecular weight is 340 g/mol. The first-order valence-electron chi connectivity index (χ1n) is 7.34. The summed E-state index contributed by atoms with van der Waals surface area (Å²) < 4.78 is 5.12. The third-order valence-electron chi connectivity index (χ3n) is 3.49. The van der Waals surface area contributed by atoms with E-state index in [4.69, 9.17) is 16.3 Å². The smallest absolute Gasteiger partial charge is 0.339 e. The molecule has 0 aliphatic rings. The molecule has 3 aromatic rings. The highest BCUT2D eigenvalue weighted by Gasteiger charge is 2.13. The van der Waals surface area contributed by atoms with Crippen LogP contribution < -0.4 is 5.32 Å². The Morgan fingerprint density at radius 2 is 1.62 bits per heavy atom. The molecule has 0 atom stereocenters. The number of hydrogen-bond acceptors (Lipinski definition) is 3. The van der Waals surface area contributed by atoms with Gasteiger partial charge in [0.15, 0.2) is 6.61 Å². The summed E-state index contributed by atoms with van der Waals surface area (Å²) >= 11 is 5.97. The van der Waals surface area contributed by atoms with Crippen LogP contribution in [-0.2, 0) is 9.53 Å². The first-order valence-corrected chi connectivity index (χ1v) is 7.72. The van der Waals surface area contributed by atoms with Crippen molar-refractivity contribution in [2.75, 3.05) is 11.9 Å². The molecule has 0 saturated heterocycles. The van der Waals surface area contributed by atoms with Crippen molar-refractivity contribution in [1.29, 1.82) is 0 Å². The first kappa shape index (κ1) is 16.0. The van der Waals surface area contributed by atoms with Crippen molar-refractivity contribution in [1.82, 2.24) is 0 Å². The van der Waals surface area contributed by atoms with Gasteiger partial charge in [0, 0.05) is 0 Å². The van der Waals surface area contributed by atoms with E-state index in [1.807, 2.05) is 30.3 Å². The van der Waals surface area contributed by atoms with Crippen LogP contribution in [0.3, 0.4) is 0 Å². The van der Waals surface area contributed by atoms with E-state index in [9.17, 15) is 9.59 Å². The van der Waals surface area contributed by atoms with Gasteiger partial charge in [-0.25, -0.2) is 4.79 Å². The summed E-state index contributed by atoms with van der Waals surface area (Å²) in [6, 6.07) is 19.7. The molecule has 0 saturated carbocycles. The number of para-hydroxylation sites is 1. The van der Waals surface area contributed by atoms with E-state index in [0.717, 1.165) is 10.8 Å². The van der Waals surface area contributed by atoms with E-state index in [1.165, 1.54) is 0 Å². The van der Waals surface area contributed by atoms with Crippen molar-refractivity contribution in [3.63, 3.8) is 0 Å². The fourth-order valence-electron chi connectivity index (χ4n) is 2.36. The molecule has 0 aromatic heterocycles. The van der Waals surface area contributed by atoms with Gasteiger partial charge in [0.2, 0.25) is 0 Å². The van der Waals surface area contributed by atoms with E-state index < -0.39 is 11.9 Å². The molecule has 0 bridgehead atoms. The maximum absolute atomic E-state index is 12.3. The lowest BCUT2D eigenvalue weighted by atomic mass is 10.1. The molecule has 0 radical (unpaired) electrons. The maximum atomic E-state index is 12.3. The minimum Gasteiger partial charge on any atom is -0.452 e. The summed E-state index contributed by atoms with van der Waals surface area (Å²) in [4.78, 5) is 24.2. The number of anilines is 1. The van der Waals surface area contributed by atoms with Crippen LogP contribution in [0.4, 0.5) is 5.69 Å². The number of amides is 1. The zero-order valence-corrected chi connectivity index (χ0v) is 13.4. The molecule has 0 heterocycles. The van der Waals surface area contributed by atoms with Crippen molar-refractivity contribution in [2.24, 2.45) is 0 Å². The molecule has 1 N–H and O–H groups in total. The van der Waals surface area contributed by atoms with Crippen molar-refractivity contribution in [3.05, 3.63) is 77.3 Å². The molecule has 0 fully saturated rings. The highest BCUT2D eigenvalue weighted by Crippen LogP contribution is 2.21. The predicted octanol–water partition coefficient (Wildman–Crippen LogP) is 4.29. The van der Waals surface area contributed by atoms with Gasteiger partial charge in [-0.1, -0.05) is 60.1 Å². The highest BCUT2D eigenvalue weighted by molar-refractivity contribution is 6.33. The topological polar surface area (TPSA) is 55.4 Å². The van der Waals surface area contributed by atoms with Crippen LogP contribution in [0.5, 0.6) is 0 Å². The van der Waals surface area contributed by atoms with Gasteiger partial charge in [0.25, 0.3) is 5.91 Å². The van der Waals surface area contributed by atoms with Gasteiger partial charge in [-0.2, -0.15) is 0 Å². The molecule has 1 amide bonds. The minimum atomic E-state index is -0.541. The van der Waals surface area contributed by atoms with Crippen molar-refractivity contribution in [3.8, 4) is 0 Å². The summed E-state index contributed by atoms with van der Waals surface area (Å²) in [7, 11) is 0. The molecule has 24 heavy (non-hydrogen) atoms. The minimum absolute atomic E-state index is 0.382. The third kappa shape index (κ3) is 3.55. The number of nitrogens with one attached hydrogen (secondary N) is 1. The van der Waals surface area contributed by atoms with E-state index in [-0.39, 0.29) is 6.61 Å². The summed E-state index contributed by atoms with van der Waals surface area (Å²) in [6.07, 6.45) is 0. The lowest BCUT2D eigenvalue weighted by Gasteiger charge is -2.09. The molecule has 0 aliphatic heterocycles. The van der Waals surface area contributed by atoms with E-state index >= 15 is 0 Å². The molecular formula is C19H14ClNO3. The number of benzene rings is 3. The summed E-state index contributed by atoms with van der Waals surface area (Å²) in [5.74, 6) is -0.988. The van der Waals surface area contributed by atoms with Gasteiger partial charge < -0.3 is 10.1 Å². The maximum Gasteiger partial charge on any atom is 0.339 e. The van der Waals surface area contributed by atoms with Gasteiger partial charge in [0.1, 0.15) is 0 Å². The Bertz CT molecular complexity index is 903. The number of ether oxygens (including phenoxy) is 1. The SMILES string of the molecule is O=C(COC(=O)c1cccc2ccccc12)Nc1ccccc1Cl. The molecule has 0 unspecified atom stereocenters. The number of fused-ring (bicyclic) bond motifs is 1. The van der Waals surface area contributed by atoms with E-state index in [0.29, 0.717) is 16.3 Å². The fourth-order valence-corrected chi connectivity index (χ4v) is 2.54.